The highest BCUT2D eigenvalue weighted by atomic mass is 16.4. The smallest absolute Gasteiger partial charge is 0.323 e. The molecule has 16 heavy (non-hydrogen) atoms. The molecule has 0 saturated carbocycles. The van der Waals surface area contributed by atoms with E-state index in [4.69, 9.17) is 10.8 Å². The van der Waals surface area contributed by atoms with E-state index < -0.39 is 11.5 Å². The zero-order chi connectivity index (χ0) is 12.8. The number of unbranched alkanes of at least 4 members (excludes halogenated alkanes) is 1. The number of aliphatic carboxylic acids is 1. The maximum absolute atomic E-state index is 10.8. The zero-order valence-corrected chi connectivity index (χ0v) is 11.0. The zero-order valence-electron chi connectivity index (χ0n) is 11.0. The summed E-state index contributed by atoms with van der Waals surface area (Å²) in [4.78, 5) is 13.1. The van der Waals surface area contributed by atoms with Crippen LogP contribution in [0.1, 0.15) is 47.0 Å². The molecule has 0 fully saturated rings. The van der Waals surface area contributed by atoms with Crippen LogP contribution in [-0.4, -0.2) is 40.6 Å². The maximum atomic E-state index is 10.8. The van der Waals surface area contributed by atoms with Crippen LogP contribution in [0.2, 0.25) is 0 Å². The molecule has 0 aromatic heterocycles. The first-order chi connectivity index (χ1) is 7.31. The Labute approximate surface area is 98.8 Å². The van der Waals surface area contributed by atoms with Crippen molar-refractivity contribution in [2.45, 2.75) is 58.5 Å². The molecule has 0 amide bonds. The summed E-state index contributed by atoms with van der Waals surface area (Å²) < 4.78 is 0. The van der Waals surface area contributed by atoms with Gasteiger partial charge in [0.1, 0.15) is 5.54 Å². The van der Waals surface area contributed by atoms with Gasteiger partial charge in [0.2, 0.25) is 0 Å². The number of nitrogens with two attached hydrogens (primary N) is 1. The van der Waals surface area contributed by atoms with Gasteiger partial charge < -0.3 is 15.7 Å². The highest BCUT2D eigenvalue weighted by Crippen LogP contribution is 2.11. The largest absolute Gasteiger partial charge is 0.480 e. The summed E-state index contributed by atoms with van der Waals surface area (Å²) in [7, 11) is 0. The molecular weight excluding hydrogens is 204 g/mol. The van der Waals surface area contributed by atoms with Gasteiger partial charge in [-0.05, 0) is 53.1 Å². The van der Waals surface area contributed by atoms with Crippen molar-refractivity contribution in [2.24, 2.45) is 5.73 Å². The molecular formula is C12H26N2O2. The average Bonchev–Trinajstić information content (AvgIpc) is 2.16. The monoisotopic (exact) mass is 230 g/mol. The Hall–Kier alpha value is -0.610. The highest BCUT2D eigenvalue weighted by Gasteiger charge is 2.26. The lowest BCUT2D eigenvalue weighted by Crippen LogP contribution is -2.44. The Bertz CT molecular complexity index is 215. The lowest BCUT2D eigenvalue weighted by molar-refractivity contribution is -0.142. The Kier molecular flexibility index (Phi) is 6.60. The molecule has 0 aliphatic rings. The minimum Gasteiger partial charge on any atom is -0.480 e. The third-order valence-corrected chi connectivity index (χ3v) is 3.02. The Morgan fingerprint density at radius 2 is 2.00 bits per heavy atom. The van der Waals surface area contributed by atoms with E-state index in [0.29, 0.717) is 12.5 Å². The summed E-state index contributed by atoms with van der Waals surface area (Å²) in [5.74, 6) is -0.913. The molecule has 0 bridgehead atoms. The van der Waals surface area contributed by atoms with Gasteiger partial charge in [-0.25, -0.2) is 0 Å². The second-order valence-corrected chi connectivity index (χ2v) is 4.90. The highest BCUT2D eigenvalue weighted by molar-refractivity contribution is 5.77. The van der Waals surface area contributed by atoms with E-state index in [1.807, 2.05) is 0 Å². The molecule has 0 aromatic rings. The molecule has 0 aliphatic heterocycles. The Morgan fingerprint density at radius 3 is 2.38 bits per heavy atom. The van der Waals surface area contributed by atoms with Crippen LogP contribution in [0.15, 0.2) is 0 Å². The van der Waals surface area contributed by atoms with Gasteiger partial charge in [-0.2, -0.15) is 0 Å². The molecule has 96 valence electrons. The molecule has 0 heterocycles. The van der Waals surface area contributed by atoms with Crippen molar-refractivity contribution < 1.29 is 9.90 Å². The first-order valence-corrected chi connectivity index (χ1v) is 6.07. The SMILES string of the molecule is CCN(CCCCC(C)(N)C(=O)O)C(C)C. The summed E-state index contributed by atoms with van der Waals surface area (Å²) in [5.41, 5.74) is 4.58. The van der Waals surface area contributed by atoms with Gasteiger partial charge in [0, 0.05) is 6.04 Å². The van der Waals surface area contributed by atoms with Gasteiger partial charge in [0.05, 0.1) is 0 Å². The summed E-state index contributed by atoms with van der Waals surface area (Å²) in [6.45, 7) is 10.1. The Morgan fingerprint density at radius 1 is 1.44 bits per heavy atom. The third kappa shape index (κ3) is 5.47. The molecule has 0 saturated heterocycles. The van der Waals surface area contributed by atoms with Gasteiger partial charge in [0.15, 0.2) is 0 Å². The Balaban J connectivity index is 3.79. The summed E-state index contributed by atoms with van der Waals surface area (Å²) in [6, 6.07) is 0.550. The quantitative estimate of drug-likeness (QED) is 0.623. The standard InChI is InChI=1S/C12H26N2O2/c1-5-14(10(2)3)9-7-6-8-12(4,13)11(15)16/h10H,5-9,13H2,1-4H3,(H,15,16). The average molecular weight is 230 g/mol. The number of carbonyl (C=O) groups is 1. The van der Waals surface area contributed by atoms with Crippen LogP contribution in [-0.2, 0) is 4.79 Å². The van der Waals surface area contributed by atoms with Crippen molar-refractivity contribution in [3.8, 4) is 0 Å². The molecule has 0 aliphatic carbocycles. The molecule has 4 heteroatoms. The second kappa shape index (κ2) is 6.86. The van der Waals surface area contributed by atoms with E-state index in [2.05, 4.69) is 25.7 Å². The van der Waals surface area contributed by atoms with Gasteiger partial charge in [-0.1, -0.05) is 6.92 Å². The van der Waals surface area contributed by atoms with Crippen LogP contribution >= 0.6 is 0 Å². The topological polar surface area (TPSA) is 66.6 Å². The molecule has 0 spiro atoms. The number of carboxylic acids is 1. The second-order valence-electron chi connectivity index (χ2n) is 4.90. The predicted octanol–water partition coefficient (Wildman–Crippen LogP) is 1.69. The fourth-order valence-corrected chi connectivity index (χ4v) is 1.70. The minimum atomic E-state index is -1.07. The van der Waals surface area contributed by atoms with Crippen molar-refractivity contribution in [2.75, 3.05) is 13.1 Å². The van der Waals surface area contributed by atoms with Crippen LogP contribution < -0.4 is 5.73 Å². The normalized spacial score (nSPS) is 15.4. The fraction of sp³-hybridized carbons (Fsp3) is 0.917. The summed E-state index contributed by atoms with van der Waals surface area (Å²) >= 11 is 0. The van der Waals surface area contributed by atoms with Crippen molar-refractivity contribution >= 4 is 5.97 Å². The van der Waals surface area contributed by atoms with Crippen molar-refractivity contribution in [1.29, 1.82) is 0 Å². The van der Waals surface area contributed by atoms with E-state index >= 15 is 0 Å². The van der Waals surface area contributed by atoms with E-state index in [9.17, 15) is 4.79 Å². The number of hydrogen-bond acceptors (Lipinski definition) is 3. The number of rotatable bonds is 8. The van der Waals surface area contributed by atoms with E-state index in [1.54, 1.807) is 6.92 Å². The van der Waals surface area contributed by atoms with Crippen LogP contribution in [0.4, 0.5) is 0 Å². The van der Waals surface area contributed by atoms with Crippen molar-refractivity contribution in [1.82, 2.24) is 4.90 Å². The van der Waals surface area contributed by atoms with Crippen LogP contribution in [0.25, 0.3) is 0 Å². The van der Waals surface area contributed by atoms with Crippen LogP contribution in [0.5, 0.6) is 0 Å². The number of nitrogens with zero attached hydrogens (tertiary/aromatic N) is 1. The van der Waals surface area contributed by atoms with Gasteiger partial charge in [-0.15, -0.1) is 0 Å². The van der Waals surface area contributed by atoms with Gasteiger partial charge >= 0.3 is 5.97 Å². The molecule has 0 rings (SSSR count). The maximum Gasteiger partial charge on any atom is 0.323 e. The minimum absolute atomic E-state index is 0.540. The summed E-state index contributed by atoms with van der Waals surface area (Å²) in [6.07, 6.45) is 2.41. The van der Waals surface area contributed by atoms with E-state index in [0.717, 1.165) is 25.9 Å². The first-order valence-electron chi connectivity index (χ1n) is 6.07. The van der Waals surface area contributed by atoms with Crippen LogP contribution in [0.3, 0.4) is 0 Å². The lowest BCUT2D eigenvalue weighted by atomic mass is 9.96. The number of carboxylic acid groups (broad SMARTS) is 1. The number of hydrogen-bond donors (Lipinski definition) is 2. The van der Waals surface area contributed by atoms with Gasteiger partial charge in [-0.3, -0.25) is 4.79 Å². The summed E-state index contributed by atoms with van der Waals surface area (Å²) in [5, 5.41) is 8.85. The van der Waals surface area contributed by atoms with Gasteiger partial charge in [0.25, 0.3) is 0 Å². The van der Waals surface area contributed by atoms with E-state index in [1.165, 1.54) is 0 Å². The molecule has 1 atom stereocenters. The van der Waals surface area contributed by atoms with E-state index in [-0.39, 0.29) is 0 Å². The van der Waals surface area contributed by atoms with Crippen LogP contribution in [0, 0.1) is 0 Å². The lowest BCUT2D eigenvalue weighted by Gasteiger charge is -2.25. The molecule has 3 N–H and O–H groups in total. The van der Waals surface area contributed by atoms with Crippen molar-refractivity contribution in [3.63, 3.8) is 0 Å². The predicted molar refractivity (Wildman–Crippen MR) is 66.5 cm³/mol. The molecule has 0 aromatic carbocycles. The first kappa shape index (κ1) is 15.4. The van der Waals surface area contributed by atoms with Crippen molar-refractivity contribution in [3.05, 3.63) is 0 Å². The molecule has 1 unspecified atom stereocenters. The molecule has 0 radical (unpaired) electrons. The fourth-order valence-electron chi connectivity index (χ4n) is 1.70. The third-order valence-electron chi connectivity index (χ3n) is 3.02. The molecule has 4 nitrogen and oxygen atoms in total.